The summed E-state index contributed by atoms with van der Waals surface area (Å²) in [5, 5.41) is 27.0. The molecule has 0 fully saturated rings. The summed E-state index contributed by atoms with van der Waals surface area (Å²) in [6.45, 7) is 6.12. The highest BCUT2D eigenvalue weighted by Crippen LogP contribution is 2.46. The molecular weight excluding hydrogens is 320 g/mol. The van der Waals surface area contributed by atoms with E-state index >= 15 is 0 Å². The highest BCUT2D eigenvalue weighted by atomic mass is 16.5. The topological polar surface area (TPSA) is 117 Å². The molecule has 7 heteroatoms. The number of fused-ring (bicyclic) bond motifs is 1. The van der Waals surface area contributed by atoms with E-state index in [4.69, 9.17) is 15.2 Å². The van der Waals surface area contributed by atoms with Crippen LogP contribution < -0.4 is 15.2 Å². The number of nitrogens with zero attached hydrogens (tertiary/aromatic N) is 2. The van der Waals surface area contributed by atoms with Crippen molar-refractivity contribution in [3.05, 3.63) is 46.5 Å². The fraction of sp³-hybridized carbons (Fsp3) is 0.333. The van der Waals surface area contributed by atoms with E-state index < -0.39 is 5.92 Å². The molecular formula is C18H20N4O3. The van der Waals surface area contributed by atoms with Crippen molar-refractivity contribution in [2.24, 2.45) is 5.73 Å². The van der Waals surface area contributed by atoms with Gasteiger partial charge in [0.25, 0.3) is 0 Å². The number of nitriles is 1. The van der Waals surface area contributed by atoms with E-state index in [1.54, 1.807) is 18.2 Å². The van der Waals surface area contributed by atoms with Crippen molar-refractivity contribution in [1.82, 2.24) is 10.2 Å². The van der Waals surface area contributed by atoms with Crippen LogP contribution in [0.4, 0.5) is 0 Å². The van der Waals surface area contributed by atoms with Gasteiger partial charge in [-0.1, -0.05) is 26.8 Å². The van der Waals surface area contributed by atoms with Crippen LogP contribution in [0.25, 0.3) is 0 Å². The smallest absolute Gasteiger partial charge is 0.244 e. The molecule has 0 aliphatic carbocycles. The van der Waals surface area contributed by atoms with Gasteiger partial charge in [-0.3, -0.25) is 5.10 Å². The van der Waals surface area contributed by atoms with Gasteiger partial charge in [0.1, 0.15) is 11.6 Å². The number of methoxy groups -OCH3 is 1. The number of nitrogens with one attached hydrogen (secondary N) is 1. The summed E-state index contributed by atoms with van der Waals surface area (Å²) in [4.78, 5) is 0. The van der Waals surface area contributed by atoms with Gasteiger partial charge in [0.15, 0.2) is 11.5 Å². The Bertz CT molecular complexity index is 900. The lowest BCUT2D eigenvalue weighted by Crippen LogP contribution is -2.23. The Labute approximate surface area is 145 Å². The lowest BCUT2D eigenvalue weighted by Gasteiger charge is -2.27. The number of hydrogen-bond donors (Lipinski definition) is 3. The summed E-state index contributed by atoms with van der Waals surface area (Å²) in [6.07, 6.45) is 0. The molecule has 0 radical (unpaired) electrons. The Morgan fingerprint density at radius 3 is 2.68 bits per heavy atom. The summed E-state index contributed by atoms with van der Waals surface area (Å²) >= 11 is 0. The van der Waals surface area contributed by atoms with E-state index in [9.17, 15) is 10.4 Å². The van der Waals surface area contributed by atoms with E-state index in [1.807, 2.05) is 20.8 Å². The maximum absolute atomic E-state index is 10.2. The Morgan fingerprint density at radius 1 is 1.40 bits per heavy atom. The van der Waals surface area contributed by atoms with Crippen LogP contribution in [-0.4, -0.2) is 22.4 Å². The van der Waals surface area contributed by atoms with Crippen molar-refractivity contribution in [2.45, 2.75) is 32.1 Å². The summed E-state index contributed by atoms with van der Waals surface area (Å²) in [6, 6.07) is 7.16. The fourth-order valence-electron chi connectivity index (χ4n) is 3.04. The van der Waals surface area contributed by atoms with E-state index in [-0.39, 0.29) is 22.6 Å². The third kappa shape index (κ3) is 2.66. The summed E-state index contributed by atoms with van der Waals surface area (Å²) in [5.41, 5.74) is 8.28. The minimum atomic E-state index is -0.487. The molecule has 0 saturated heterocycles. The molecule has 0 bridgehead atoms. The molecule has 0 spiro atoms. The van der Waals surface area contributed by atoms with Crippen LogP contribution in [0.3, 0.4) is 0 Å². The number of phenols is 1. The first-order valence-corrected chi connectivity index (χ1v) is 7.81. The van der Waals surface area contributed by atoms with Gasteiger partial charge in [-0.15, -0.1) is 5.10 Å². The van der Waals surface area contributed by atoms with Gasteiger partial charge in [0.05, 0.1) is 18.6 Å². The Kier molecular flexibility index (Phi) is 3.84. The largest absolute Gasteiger partial charge is 0.504 e. The molecule has 1 aromatic heterocycles. The Morgan fingerprint density at radius 2 is 2.12 bits per heavy atom. The number of hydrogen-bond acceptors (Lipinski definition) is 6. The molecule has 1 atom stereocenters. The monoisotopic (exact) mass is 340 g/mol. The van der Waals surface area contributed by atoms with Crippen molar-refractivity contribution in [3.8, 4) is 23.4 Å². The number of allylic oxidation sites excluding steroid dienone is 1. The van der Waals surface area contributed by atoms with Crippen molar-refractivity contribution in [2.75, 3.05) is 7.11 Å². The van der Waals surface area contributed by atoms with Crippen LogP contribution in [0.15, 0.2) is 29.7 Å². The minimum Gasteiger partial charge on any atom is -0.504 e. The molecule has 3 rings (SSSR count). The first-order chi connectivity index (χ1) is 11.8. The fourth-order valence-corrected chi connectivity index (χ4v) is 3.04. The third-order valence-electron chi connectivity index (χ3n) is 4.23. The van der Waals surface area contributed by atoms with Crippen molar-refractivity contribution < 1.29 is 14.6 Å². The molecule has 25 heavy (non-hydrogen) atoms. The first-order valence-electron chi connectivity index (χ1n) is 7.81. The molecule has 0 saturated carbocycles. The molecule has 1 aliphatic heterocycles. The van der Waals surface area contributed by atoms with Gasteiger partial charge in [-0.25, -0.2) is 0 Å². The normalized spacial score (nSPS) is 16.8. The van der Waals surface area contributed by atoms with Crippen molar-refractivity contribution in [3.63, 3.8) is 0 Å². The minimum absolute atomic E-state index is 0.00953. The van der Waals surface area contributed by atoms with Crippen LogP contribution >= 0.6 is 0 Å². The van der Waals surface area contributed by atoms with Crippen LogP contribution in [0.1, 0.15) is 43.5 Å². The van der Waals surface area contributed by atoms with Crippen LogP contribution in [-0.2, 0) is 5.41 Å². The highest BCUT2D eigenvalue weighted by Gasteiger charge is 2.38. The van der Waals surface area contributed by atoms with Gasteiger partial charge in [-0.2, -0.15) is 5.26 Å². The molecule has 1 aliphatic rings. The molecule has 4 N–H and O–H groups in total. The van der Waals surface area contributed by atoms with Crippen LogP contribution in [0, 0.1) is 11.3 Å². The van der Waals surface area contributed by atoms with Crippen LogP contribution in [0.2, 0.25) is 0 Å². The third-order valence-corrected chi connectivity index (χ3v) is 4.23. The highest BCUT2D eigenvalue weighted by molar-refractivity contribution is 5.58. The predicted molar refractivity (Wildman–Crippen MR) is 91.2 cm³/mol. The van der Waals surface area contributed by atoms with E-state index in [0.29, 0.717) is 17.2 Å². The number of aromatic nitrogens is 2. The Hall–Kier alpha value is -3.14. The number of phenolic OH excluding ortho intramolecular Hbond substituents is 1. The quantitative estimate of drug-likeness (QED) is 0.773. The second-order valence-corrected chi connectivity index (χ2v) is 6.92. The second kappa shape index (κ2) is 5.74. The van der Waals surface area contributed by atoms with E-state index in [1.165, 1.54) is 7.11 Å². The standard InChI is InChI=1S/C18H20N4O3/c1-18(2,3)15-14-13(9-5-6-12(24-4)11(23)7-9)10(8-19)16(20)25-17(14)22-21-15/h5-7,13,23H,20H2,1-4H3,(H,21,22)/t13-/m0/s1. The van der Waals surface area contributed by atoms with E-state index in [2.05, 4.69) is 16.3 Å². The molecule has 2 aromatic rings. The second-order valence-electron chi connectivity index (χ2n) is 6.92. The van der Waals surface area contributed by atoms with Crippen LogP contribution in [0.5, 0.6) is 17.4 Å². The van der Waals surface area contributed by atoms with Gasteiger partial charge in [-0.05, 0) is 17.7 Å². The van der Waals surface area contributed by atoms with Gasteiger partial charge < -0.3 is 20.3 Å². The molecule has 7 nitrogen and oxygen atoms in total. The van der Waals surface area contributed by atoms with Crippen molar-refractivity contribution in [1.29, 1.82) is 5.26 Å². The molecule has 1 aromatic carbocycles. The number of H-pyrrole nitrogens is 1. The zero-order valence-corrected chi connectivity index (χ0v) is 14.5. The number of nitrogens with two attached hydrogens (primary N) is 1. The zero-order chi connectivity index (χ0) is 18.4. The zero-order valence-electron chi connectivity index (χ0n) is 14.5. The van der Waals surface area contributed by atoms with Gasteiger partial charge >= 0.3 is 0 Å². The Balaban J connectivity index is 2.26. The first kappa shape index (κ1) is 16.7. The number of aromatic amines is 1. The lowest BCUT2D eigenvalue weighted by molar-refractivity contribution is 0.371. The maximum Gasteiger partial charge on any atom is 0.244 e. The maximum atomic E-state index is 10.2. The molecule has 0 amide bonds. The molecule has 2 heterocycles. The number of rotatable bonds is 2. The summed E-state index contributed by atoms with van der Waals surface area (Å²) in [5.74, 6) is 0.224. The lowest BCUT2D eigenvalue weighted by atomic mass is 9.79. The summed E-state index contributed by atoms with van der Waals surface area (Å²) in [7, 11) is 1.48. The number of aromatic hydroxyl groups is 1. The average molecular weight is 340 g/mol. The number of ether oxygens (including phenoxy) is 2. The van der Waals surface area contributed by atoms with Gasteiger partial charge in [0.2, 0.25) is 11.8 Å². The average Bonchev–Trinajstić information content (AvgIpc) is 2.96. The summed E-state index contributed by atoms with van der Waals surface area (Å²) < 4.78 is 10.6. The van der Waals surface area contributed by atoms with E-state index in [0.717, 1.165) is 11.3 Å². The molecule has 130 valence electrons. The molecule has 0 unspecified atom stereocenters. The van der Waals surface area contributed by atoms with Crippen molar-refractivity contribution >= 4 is 0 Å². The predicted octanol–water partition coefficient (Wildman–Crippen LogP) is 2.64. The SMILES string of the molecule is COc1ccc([C@H]2C(C#N)=C(N)Oc3n[nH]c(C(C)(C)C)c32)cc1O. The van der Waals surface area contributed by atoms with Gasteiger partial charge in [0, 0.05) is 11.1 Å². The number of benzene rings is 1.